The van der Waals surface area contributed by atoms with Crippen LogP contribution in [0.25, 0.3) is 21.9 Å². The Hall–Kier alpha value is -4.01. The summed E-state index contributed by atoms with van der Waals surface area (Å²) in [6, 6.07) is 13.8. The zero-order chi connectivity index (χ0) is 26.4. The van der Waals surface area contributed by atoms with Crippen LogP contribution in [0.15, 0.2) is 57.7 Å². The number of carbonyl (C=O) groups is 2. The highest BCUT2D eigenvalue weighted by Crippen LogP contribution is 2.26. The number of ketones is 1. The lowest BCUT2D eigenvalue weighted by atomic mass is 9.98. The molecule has 9 nitrogen and oxygen atoms in total. The summed E-state index contributed by atoms with van der Waals surface area (Å²) in [5, 5.41) is 18.7. The van der Waals surface area contributed by atoms with E-state index in [9.17, 15) is 19.5 Å². The fourth-order valence-corrected chi connectivity index (χ4v) is 4.17. The lowest BCUT2D eigenvalue weighted by Crippen LogP contribution is -2.27. The number of aliphatic carboxylic acids is 1. The molecule has 2 heterocycles. The second kappa shape index (κ2) is 11.8. The molecule has 0 aliphatic rings. The Bertz CT molecular complexity index is 1460. The number of unbranched alkanes of at least 4 members (excludes halogenated alkanes) is 1. The average Bonchev–Trinajstić information content (AvgIpc) is 3.31. The summed E-state index contributed by atoms with van der Waals surface area (Å²) in [4.78, 5) is 37.4. The molecular formula is C28H31N3O6. The van der Waals surface area contributed by atoms with E-state index in [-0.39, 0.29) is 30.7 Å². The van der Waals surface area contributed by atoms with Gasteiger partial charge < -0.3 is 14.3 Å². The molecule has 0 aliphatic heterocycles. The molecule has 1 atom stereocenters. The normalized spacial score (nSPS) is 12.3. The maximum atomic E-state index is 12.9. The summed E-state index contributed by atoms with van der Waals surface area (Å²) in [6.45, 7) is 5.03. The van der Waals surface area contributed by atoms with Gasteiger partial charge in [0.25, 0.3) is 5.56 Å². The monoisotopic (exact) mass is 505 g/mol. The average molecular weight is 506 g/mol. The molecule has 0 radical (unpaired) electrons. The maximum absolute atomic E-state index is 12.9. The largest absolute Gasteiger partial charge is 0.493 e. The number of rotatable bonds is 13. The number of aromatic nitrogens is 3. The van der Waals surface area contributed by atoms with E-state index >= 15 is 0 Å². The smallest absolute Gasteiger partial charge is 0.307 e. The third-order valence-electron chi connectivity index (χ3n) is 6.31. The maximum Gasteiger partial charge on any atom is 0.307 e. The van der Waals surface area contributed by atoms with Crippen molar-refractivity contribution in [2.75, 3.05) is 6.61 Å². The first-order chi connectivity index (χ1) is 17.8. The summed E-state index contributed by atoms with van der Waals surface area (Å²) < 4.78 is 12.7. The predicted octanol–water partition coefficient (Wildman–Crippen LogP) is 5.11. The number of fused-ring (bicyclic) bond motifs is 2. The van der Waals surface area contributed by atoms with Gasteiger partial charge in [-0.1, -0.05) is 37.6 Å². The van der Waals surface area contributed by atoms with Gasteiger partial charge in [0.05, 0.1) is 17.9 Å². The van der Waals surface area contributed by atoms with Crippen molar-refractivity contribution in [1.29, 1.82) is 0 Å². The van der Waals surface area contributed by atoms with Crippen molar-refractivity contribution in [3.8, 4) is 5.75 Å². The van der Waals surface area contributed by atoms with E-state index in [0.717, 1.165) is 29.3 Å². The van der Waals surface area contributed by atoms with E-state index in [1.165, 1.54) is 0 Å². The molecule has 194 valence electrons. The molecule has 0 amide bonds. The van der Waals surface area contributed by atoms with Crippen LogP contribution in [0.4, 0.5) is 0 Å². The summed E-state index contributed by atoms with van der Waals surface area (Å²) in [6.07, 6.45) is 3.01. The van der Waals surface area contributed by atoms with Crippen molar-refractivity contribution in [1.82, 2.24) is 15.0 Å². The van der Waals surface area contributed by atoms with E-state index in [1.807, 2.05) is 12.1 Å². The van der Waals surface area contributed by atoms with Crippen molar-refractivity contribution in [3.63, 3.8) is 0 Å². The minimum absolute atomic E-state index is 0.0267. The van der Waals surface area contributed by atoms with Gasteiger partial charge >= 0.3 is 5.97 Å². The number of benzene rings is 2. The van der Waals surface area contributed by atoms with Gasteiger partial charge in [-0.25, -0.2) is 4.68 Å². The van der Waals surface area contributed by atoms with Crippen molar-refractivity contribution in [2.24, 2.45) is 11.8 Å². The number of aryl methyl sites for hydroxylation is 1. The lowest BCUT2D eigenvalue weighted by Gasteiger charge is -2.11. The Morgan fingerprint density at radius 1 is 1.08 bits per heavy atom. The minimum Gasteiger partial charge on any atom is -0.493 e. The van der Waals surface area contributed by atoms with Crippen LogP contribution in [0.2, 0.25) is 0 Å². The SMILES string of the molecule is CC(C)CCCCOc1ccc2cc(C(=O)CC(CCn3nnc4ccccc4c3=O)C(=O)O)oc2c1. The van der Waals surface area contributed by atoms with Crippen molar-refractivity contribution >= 4 is 33.6 Å². The van der Waals surface area contributed by atoms with Crippen LogP contribution < -0.4 is 10.3 Å². The molecule has 0 aliphatic carbocycles. The zero-order valence-corrected chi connectivity index (χ0v) is 21.1. The number of carboxylic acid groups (broad SMARTS) is 1. The summed E-state index contributed by atoms with van der Waals surface area (Å²) in [7, 11) is 0. The van der Waals surface area contributed by atoms with Crippen LogP contribution in [-0.2, 0) is 11.3 Å². The Morgan fingerprint density at radius 3 is 2.68 bits per heavy atom. The number of ether oxygens (including phenoxy) is 1. The third-order valence-corrected chi connectivity index (χ3v) is 6.31. The fourth-order valence-electron chi connectivity index (χ4n) is 4.17. The molecule has 2 aromatic heterocycles. The van der Waals surface area contributed by atoms with E-state index in [4.69, 9.17) is 9.15 Å². The minimum atomic E-state index is -1.13. The molecule has 1 unspecified atom stereocenters. The van der Waals surface area contributed by atoms with Gasteiger partial charge in [0, 0.05) is 24.4 Å². The molecule has 2 aromatic carbocycles. The van der Waals surface area contributed by atoms with E-state index in [1.54, 1.807) is 36.4 Å². The number of Topliss-reactive ketones (excluding diaryl/α,β-unsaturated/α-hetero) is 1. The first-order valence-electron chi connectivity index (χ1n) is 12.6. The zero-order valence-electron chi connectivity index (χ0n) is 21.1. The van der Waals surface area contributed by atoms with Gasteiger partial charge in [-0.2, -0.15) is 0 Å². The first-order valence-corrected chi connectivity index (χ1v) is 12.6. The van der Waals surface area contributed by atoms with E-state index in [0.29, 0.717) is 34.8 Å². The topological polar surface area (TPSA) is 125 Å². The predicted molar refractivity (Wildman–Crippen MR) is 139 cm³/mol. The third kappa shape index (κ3) is 6.61. The van der Waals surface area contributed by atoms with Crippen LogP contribution in [0.1, 0.15) is 56.5 Å². The molecular weight excluding hydrogens is 474 g/mol. The molecule has 4 aromatic rings. The molecule has 0 bridgehead atoms. The molecule has 0 saturated carbocycles. The van der Waals surface area contributed by atoms with Crippen LogP contribution >= 0.6 is 0 Å². The van der Waals surface area contributed by atoms with Crippen LogP contribution in [-0.4, -0.2) is 38.5 Å². The number of nitrogens with zero attached hydrogens (tertiary/aromatic N) is 3. The van der Waals surface area contributed by atoms with Gasteiger partial charge in [0.2, 0.25) is 0 Å². The molecule has 37 heavy (non-hydrogen) atoms. The standard InChI is InChI=1S/C28H31N3O6/c1-18(2)7-5-6-14-36-21-11-10-19-16-26(37-25(19)17-21)24(32)15-20(28(34)35)12-13-31-27(33)22-8-3-4-9-23(22)29-30-31/h3-4,8-11,16-18,20H,5-7,12-15H2,1-2H3,(H,34,35). The number of furan rings is 1. The van der Waals surface area contributed by atoms with Crippen molar-refractivity contribution in [3.05, 3.63) is 64.6 Å². The molecule has 1 N–H and O–H groups in total. The molecule has 9 heteroatoms. The number of carbonyl (C=O) groups excluding carboxylic acids is 1. The van der Waals surface area contributed by atoms with Gasteiger partial charge in [0.15, 0.2) is 11.5 Å². The lowest BCUT2D eigenvalue weighted by molar-refractivity contribution is -0.142. The van der Waals surface area contributed by atoms with Crippen molar-refractivity contribution < 1.29 is 23.8 Å². The van der Waals surface area contributed by atoms with E-state index < -0.39 is 17.7 Å². The number of hydrogen-bond acceptors (Lipinski definition) is 7. The quantitative estimate of drug-likeness (QED) is 0.196. The first kappa shape index (κ1) is 26.1. The Kier molecular flexibility index (Phi) is 8.32. The Morgan fingerprint density at radius 2 is 1.89 bits per heavy atom. The van der Waals surface area contributed by atoms with Gasteiger partial charge in [-0.05, 0) is 55.5 Å². The van der Waals surface area contributed by atoms with Crippen LogP contribution in [0.5, 0.6) is 5.75 Å². The molecule has 0 fully saturated rings. The van der Waals surface area contributed by atoms with Crippen LogP contribution in [0, 0.1) is 11.8 Å². The second-order valence-corrected chi connectivity index (χ2v) is 9.63. The number of hydrogen-bond donors (Lipinski definition) is 1. The highest BCUT2D eigenvalue weighted by Gasteiger charge is 2.24. The summed E-state index contributed by atoms with van der Waals surface area (Å²) in [5.41, 5.74) is 0.627. The Labute approximate surface area is 214 Å². The second-order valence-electron chi connectivity index (χ2n) is 9.63. The number of carboxylic acids is 1. The highest BCUT2D eigenvalue weighted by molar-refractivity contribution is 5.99. The van der Waals surface area contributed by atoms with Gasteiger partial charge in [-0.15, -0.1) is 5.10 Å². The summed E-state index contributed by atoms with van der Waals surface area (Å²) >= 11 is 0. The summed E-state index contributed by atoms with van der Waals surface area (Å²) in [5.74, 6) is -1.12. The highest BCUT2D eigenvalue weighted by atomic mass is 16.5. The van der Waals surface area contributed by atoms with Crippen molar-refractivity contribution in [2.45, 2.75) is 52.5 Å². The molecule has 0 saturated heterocycles. The molecule has 4 rings (SSSR count). The fraction of sp³-hybridized carbons (Fsp3) is 0.393. The Balaban J connectivity index is 1.38. The van der Waals surface area contributed by atoms with Gasteiger partial charge in [0.1, 0.15) is 16.8 Å². The van der Waals surface area contributed by atoms with Gasteiger partial charge in [-0.3, -0.25) is 14.4 Å². The molecule has 0 spiro atoms. The van der Waals surface area contributed by atoms with E-state index in [2.05, 4.69) is 24.2 Å². The van der Waals surface area contributed by atoms with Crippen LogP contribution in [0.3, 0.4) is 0 Å².